The van der Waals surface area contributed by atoms with E-state index in [9.17, 15) is 9.18 Å². The zero-order chi connectivity index (χ0) is 13.8. The fraction of sp³-hybridized carbons (Fsp3) is 0. The van der Waals surface area contributed by atoms with E-state index in [1.54, 1.807) is 36.4 Å². The average Bonchev–Trinajstić information content (AvgIpc) is 2.39. The van der Waals surface area contributed by atoms with Crippen molar-refractivity contribution in [3.63, 3.8) is 0 Å². The second kappa shape index (κ2) is 5.19. The lowest BCUT2D eigenvalue weighted by molar-refractivity contribution is 0.100. The molecular formula is C14H10FN3O. The number of nitriles is 1. The van der Waals surface area contributed by atoms with Gasteiger partial charge in [-0.2, -0.15) is 5.26 Å². The highest BCUT2D eigenvalue weighted by Crippen LogP contribution is 2.20. The average molecular weight is 255 g/mol. The largest absolute Gasteiger partial charge is 0.366 e. The summed E-state index contributed by atoms with van der Waals surface area (Å²) in [6, 6.07) is 12.5. The van der Waals surface area contributed by atoms with E-state index in [1.165, 1.54) is 12.1 Å². The van der Waals surface area contributed by atoms with Gasteiger partial charge in [0.05, 0.1) is 5.56 Å². The van der Waals surface area contributed by atoms with Crippen molar-refractivity contribution < 1.29 is 9.18 Å². The molecule has 19 heavy (non-hydrogen) atoms. The van der Waals surface area contributed by atoms with Crippen molar-refractivity contribution in [2.75, 3.05) is 5.32 Å². The van der Waals surface area contributed by atoms with Crippen LogP contribution in [0.25, 0.3) is 0 Å². The third kappa shape index (κ3) is 2.87. The Hall–Kier alpha value is -2.87. The summed E-state index contributed by atoms with van der Waals surface area (Å²) in [5.74, 6) is -1.13. The van der Waals surface area contributed by atoms with Gasteiger partial charge in [0.15, 0.2) is 0 Å². The Morgan fingerprint density at radius 2 is 1.95 bits per heavy atom. The minimum atomic E-state index is -0.599. The Kier molecular flexibility index (Phi) is 3.44. The number of hydrogen-bond acceptors (Lipinski definition) is 3. The molecule has 3 N–H and O–H groups in total. The zero-order valence-electron chi connectivity index (χ0n) is 9.85. The fourth-order valence-electron chi connectivity index (χ4n) is 1.60. The number of carbonyl (C=O) groups excluding carboxylic acids is 1. The number of hydrogen-bond donors (Lipinski definition) is 2. The lowest BCUT2D eigenvalue weighted by Gasteiger charge is -2.07. The molecule has 0 heterocycles. The molecule has 0 spiro atoms. The van der Waals surface area contributed by atoms with E-state index < -0.39 is 11.7 Å². The van der Waals surface area contributed by atoms with Crippen LogP contribution in [0.3, 0.4) is 0 Å². The van der Waals surface area contributed by atoms with E-state index in [2.05, 4.69) is 5.32 Å². The molecule has 0 aromatic heterocycles. The predicted octanol–water partition coefficient (Wildman–Crippen LogP) is 2.54. The Labute approximate surface area is 109 Å². The number of nitrogens with one attached hydrogen (secondary N) is 1. The molecule has 0 radical (unpaired) electrons. The highest BCUT2D eigenvalue weighted by Gasteiger charge is 2.04. The summed E-state index contributed by atoms with van der Waals surface area (Å²) in [6.45, 7) is 0. The van der Waals surface area contributed by atoms with Crippen LogP contribution in [0.2, 0.25) is 0 Å². The number of primary amides is 1. The molecular weight excluding hydrogens is 245 g/mol. The van der Waals surface area contributed by atoms with E-state index in [0.29, 0.717) is 16.9 Å². The first-order valence-corrected chi connectivity index (χ1v) is 5.46. The van der Waals surface area contributed by atoms with E-state index in [1.807, 2.05) is 0 Å². The van der Waals surface area contributed by atoms with Crippen LogP contribution >= 0.6 is 0 Å². The van der Waals surface area contributed by atoms with Gasteiger partial charge in [-0.05, 0) is 36.4 Å². The van der Waals surface area contributed by atoms with Crippen molar-refractivity contribution in [1.82, 2.24) is 0 Å². The quantitative estimate of drug-likeness (QED) is 0.884. The number of benzene rings is 2. The molecule has 2 rings (SSSR count). The fourth-order valence-corrected chi connectivity index (χ4v) is 1.60. The Balaban J connectivity index is 2.26. The standard InChI is InChI=1S/C14H10FN3O/c15-13-7-12(5-4-10(13)8-16)18-11-3-1-2-9(6-11)14(17)19/h1-7,18H,(H2,17,19). The summed E-state index contributed by atoms with van der Waals surface area (Å²) in [7, 11) is 0. The van der Waals surface area contributed by atoms with Gasteiger partial charge in [0.1, 0.15) is 11.9 Å². The summed E-state index contributed by atoms with van der Waals surface area (Å²) < 4.78 is 13.4. The smallest absolute Gasteiger partial charge is 0.248 e. The molecule has 1 amide bonds. The maximum atomic E-state index is 13.4. The van der Waals surface area contributed by atoms with Gasteiger partial charge in [0.2, 0.25) is 5.91 Å². The molecule has 2 aromatic rings. The molecule has 0 aliphatic heterocycles. The minimum Gasteiger partial charge on any atom is -0.366 e. The molecule has 0 saturated carbocycles. The number of rotatable bonds is 3. The van der Waals surface area contributed by atoms with E-state index >= 15 is 0 Å². The van der Waals surface area contributed by atoms with Crippen molar-refractivity contribution in [3.8, 4) is 6.07 Å². The van der Waals surface area contributed by atoms with Crippen molar-refractivity contribution in [3.05, 3.63) is 59.4 Å². The van der Waals surface area contributed by atoms with Gasteiger partial charge in [-0.25, -0.2) is 4.39 Å². The van der Waals surface area contributed by atoms with Crippen LogP contribution in [-0.2, 0) is 0 Å². The van der Waals surface area contributed by atoms with Crippen molar-refractivity contribution in [2.24, 2.45) is 5.73 Å². The number of halogens is 1. The van der Waals surface area contributed by atoms with Crippen LogP contribution in [0.1, 0.15) is 15.9 Å². The van der Waals surface area contributed by atoms with Gasteiger partial charge in [0.25, 0.3) is 0 Å². The number of nitrogens with two attached hydrogens (primary N) is 1. The lowest BCUT2D eigenvalue weighted by atomic mass is 10.1. The molecule has 5 heteroatoms. The van der Waals surface area contributed by atoms with Gasteiger partial charge < -0.3 is 11.1 Å². The van der Waals surface area contributed by atoms with Gasteiger partial charge in [-0.1, -0.05) is 6.07 Å². The molecule has 4 nitrogen and oxygen atoms in total. The molecule has 0 saturated heterocycles. The third-order valence-corrected chi connectivity index (χ3v) is 2.53. The molecule has 0 aliphatic carbocycles. The van der Waals surface area contributed by atoms with Crippen molar-refractivity contribution >= 4 is 17.3 Å². The number of carbonyl (C=O) groups is 1. The summed E-state index contributed by atoms with van der Waals surface area (Å²) in [5, 5.41) is 11.6. The first-order valence-electron chi connectivity index (χ1n) is 5.46. The molecule has 0 fully saturated rings. The highest BCUT2D eigenvalue weighted by atomic mass is 19.1. The van der Waals surface area contributed by atoms with Crippen LogP contribution in [-0.4, -0.2) is 5.91 Å². The van der Waals surface area contributed by atoms with Gasteiger partial charge in [-0.3, -0.25) is 4.79 Å². The van der Waals surface area contributed by atoms with Crippen LogP contribution in [0, 0.1) is 17.1 Å². The predicted molar refractivity (Wildman–Crippen MR) is 69.4 cm³/mol. The second-order valence-electron chi connectivity index (χ2n) is 3.88. The Bertz CT molecular complexity index is 677. The summed E-state index contributed by atoms with van der Waals surface area (Å²) in [4.78, 5) is 11.0. The van der Waals surface area contributed by atoms with Crippen LogP contribution in [0.15, 0.2) is 42.5 Å². The molecule has 2 aromatic carbocycles. The molecule has 0 unspecified atom stereocenters. The van der Waals surface area contributed by atoms with Crippen molar-refractivity contribution in [1.29, 1.82) is 5.26 Å². The van der Waals surface area contributed by atoms with Crippen LogP contribution < -0.4 is 11.1 Å². The topological polar surface area (TPSA) is 78.9 Å². The van der Waals surface area contributed by atoms with Crippen molar-refractivity contribution in [2.45, 2.75) is 0 Å². The summed E-state index contributed by atoms with van der Waals surface area (Å²) in [6.07, 6.45) is 0. The van der Waals surface area contributed by atoms with Gasteiger partial charge >= 0.3 is 0 Å². The van der Waals surface area contributed by atoms with Gasteiger partial charge in [0, 0.05) is 16.9 Å². The maximum absolute atomic E-state index is 13.4. The number of anilines is 2. The number of nitrogens with zero attached hydrogens (tertiary/aromatic N) is 1. The molecule has 0 bridgehead atoms. The van der Waals surface area contributed by atoms with E-state index in [-0.39, 0.29) is 5.56 Å². The lowest BCUT2D eigenvalue weighted by Crippen LogP contribution is -2.10. The monoisotopic (exact) mass is 255 g/mol. The Morgan fingerprint density at radius 1 is 1.21 bits per heavy atom. The highest BCUT2D eigenvalue weighted by molar-refractivity contribution is 5.93. The summed E-state index contributed by atoms with van der Waals surface area (Å²) in [5.41, 5.74) is 6.61. The second-order valence-corrected chi connectivity index (χ2v) is 3.88. The Morgan fingerprint density at radius 3 is 2.58 bits per heavy atom. The van der Waals surface area contributed by atoms with Crippen LogP contribution in [0.5, 0.6) is 0 Å². The minimum absolute atomic E-state index is 0.0172. The van der Waals surface area contributed by atoms with E-state index in [4.69, 9.17) is 11.0 Å². The molecule has 0 atom stereocenters. The SMILES string of the molecule is N#Cc1ccc(Nc2cccc(C(N)=O)c2)cc1F. The first-order chi connectivity index (χ1) is 9.10. The van der Waals surface area contributed by atoms with E-state index in [0.717, 1.165) is 0 Å². The van der Waals surface area contributed by atoms with Crippen LogP contribution in [0.4, 0.5) is 15.8 Å². The zero-order valence-corrected chi connectivity index (χ0v) is 9.85. The molecule has 0 aliphatic rings. The first kappa shape index (κ1) is 12.6. The molecule has 94 valence electrons. The number of amides is 1. The van der Waals surface area contributed by atoms with Gasteiger partial charge in [-0.15, -0.1) is 0 Å². The summed E-state index contributed by atoms with van der Waals surface area (Å²) >= 11 is 0. The normalized spacial score (nSPS) is 9.68. The third-order valence-electron chi connectivity index (χ3n) is 2.53. The maximum Gasteiger partial charge on any atom is 0.248 e.